The van der Waals surface area contributed by atoms with Crippen LogP contribution in [0, 0.1) is 5.82 Å². The third kappa shape index (κ3) is 3.70. The van der Waals surface area contributed by atoms with Crippen LogP contribution in [0.4, 0.5) is 9.52 Å². The minimum absolute atomic E-state index is 0.0508. The number of nitrogens with zero attached hydrogens (tertiary/aromatic N) is 1. The summed E-state index contributed by atoms with van der Waals surface area (Å²) < 4.78 is 39.8. The molecule has 0 aliphatic heterocycles. The van der Waals surface area contributed by atoms with Crippen molar-refractivity contribution in [2.75, 3.05) is 4.72 Å². The Labute approximate surface area is 151 Å². The Morgan fingerprint density at radius 1 is 1.08 bits per heavy atom. The summed E-state index contributed by atoms with van der Waals surface area (Å²) in [6.07, 6.45) is 0. The van der Waals surface area contributed by atoms with Crippen LogP contribution in [0.1, 0.15) is 0 Å². The molecule has 0 spiro atoms. The Hall–Kier alpha value is -1.67. The molecule has 0 unspecified atom stereocenters. The smallest absolute Gasteiger partial charge is 0.255 e. The van der Waals surface area contributed by atoms with Crippen molar-refractivity contribution in [2.24, 2.45) is 0 Å². The maximum Gasteiger partial charge on any atom is 0.263 e. The number of hydrogen-bond donors (Lipinski definition) is 1. The third-order valence-electron chi connectivity index (χ3n) is 3.06. The normalized spacial score (nSPS) is 11.5. The summed E-state index contributed by atoms with van der Waals surface area (Å²) in [5.74, 6) is -0.511. The first-order chi connectivity index (χ1) is 11.3. The molecule has 3 aromatic rings. The fraction of sp³-hybridized carbons (Fsp3) is 0. The molecule has 0 atom stereocenters. The summed E-state index contributed by atoms with van der Waals surface area (Å²) >= 11 is 13.1. The molecule has 2 aromatic carbocycles. The van der Waals surface area contributed by atoms with Crippen molar-refractivity contribution in [3.8, 4) is 11.3 Å². The lowest BCUT2D eigenvalue weighted by Crippen LogP contribution is -2.12. The van der Waals surface area contributed by atoms with E-state index in [4.69, 9.17) is 23.2 Å². The number of halogens is 3. The molecule has 9 heteroatoms. The maximum absolute atomic E-state index is 12.9. The van der Waals surface area contributed by atoms with Crippen molar-refractivity contribution in [1.82, 2.24) is 4.98 Å². The van der Waals surface area contributed by atoms with Crippen LogP contribution in [0.2, 0.25) is 10.0 Å². The maximum atomic E-state index is 12.9. The Morgan fingerprint density at radius 3 is 2.46 bits per heavy atom. The van der Waals surface area contributed by atoms with Crippen LogP contribution in [0.15, 0.2) is 52.7 Å². The van der Waals surface area contributed by atoms with Crippen LogP contribution in [0.5, 0.6) is 0 Å². The van der Waals surface area contributed by atoms with E-state index in [-0.39, 0.29) is 10.0 Å². The second-order valence-electron chi connectivity index (χ2n) is 4.72. The number of thiazole rings is 1. The standard InChI is InChI=1S/C15H9Cl2FN2O2S2/c16-9-1-6-12(13(17)7-9)14-8-23-15(19-14)20-24(21,22)11-4-2-10(18)3-5-11/h1-8H,(H,19,20). The number of rotatable bonds is 4. The average molecular weight is 403 g/mol. The Kier molecular flexibility index (Phi) is 4.78. The Bertz CT molecular complexity index is 989. The predicted octanol–water partition coefficient (Wildman–Crippen LogP) is 5.06. The lowest BCUT2D eigenvalue weighted by atomic mass is 10.2. The summed E-state index contributed by atoms with van der Waals surface area (Å²) in [5.41, 5.74) is 1.17. The highest BCUT2D eigenvalue weighted by atomic mass is 35.5. The van der Waals surface area contributed by atoms with E-state index in [0.717, 1.165) is 23.5 Å². The van der Waals surface area contributed by atoms with E-state index in [0.29, 0.717) is 21.3 Å². The molecule has 1 N–H and O–H groups in total. The molecule has 0 amide bonds. The van der Waals surface area contributed by atoms with Gasteiger partial charge in [0.25, 0.3) is 10.0 Å². The number of anilines is 1. The number of hydrogen-bond acceptors (Lipinski definition) is 4. The van der Waals surface area contributed by atoms with E-state index in [2.05, 4.69) is 9.71 Å². The van der Waals surface area contributed by atoms with Crippen molar-refractivity contribution >= 4 is 49.7 Å². The molecular weight excluding hydrogens is 394 g/mol. The molecular formula is C15H9Cl2FN2O2S2. The fourth-order valence-electron chi connectivity index (χ4n) is 1.93. The van der Waals surface area contributed by atoms with Gasteiger partial charge < -0.3 is 0 Å². The zero-order chi connectivity index (χ0) is 17.3. The van der Waals surface area contributed by atoms with Crippen molar-refractivity contribution in [3.63, 3.8) is 0 Å². The number of aromatic nitrogens is 1. The summed E-state index contributed by atoms with van der Waals surface area (Å²) in [7, 11) is -3.84. The van der Waals surface area contributed by atoms with Crippen LogP contribution < -0.4 is 4.72 Å². The predicted molar refractivity (Wildman–Crippen MR) is 94.8 cm³/mol. The Morgan fingerprint density at radius 2 is 1.79 bits per heavy atom. The van der Waals surface area contributed by atoms with Gasteiger partial charge >= 0.3 is 0 Å². The zero-order valence-corrected chi connectivity index (χ0v) is 15.0. The zero-order valence-electron chi connectivity index (χ0n) is 11.8. The lowest BCUT2D eigenvalue weighted by Gasteiger charge is -2.05. The molecule has 0 aliphatic rings. The Balaban J connectivity index is 1.87. The van der Waals surface area contributed by atoms with Gasteiger partial charge in [-0.2, -0.15) is 0 Å². The summed E-state index contributed by atoms with van der Waals surface area (Å²) in [4.78, 5) is 4.18. The molecule has 1 aromatic heterocycles. The fourth-order valence-corrected chi connectivity index (χ4v) is 4.40. The molecule has 124 valence electrons. The van der Waals surface area contributed by atoms with E-state index in [1.165, 1.54) is 12.1 Å². The van der Waals surface area contributed by atoms with E-state index in [1.807, 2.05) is 0 Å². The van der Waals surface area contributed by atoms with Gasteiger partial charge in [-0.05, 0) is 42.5 Å². The number of nitrogens with one attached hydrogen (secondary N) is 1. The number of sulfonamides is 1. The second kappa shape index (κ2) is 6.68. The monoisotopic (exact) mass is 402 g/mol. The van der Waals surface area contributed by atoms with Gasteiger partial charge in [0.1, 0.15) is 5.82 Å². The van der Waals surface area contributed by atoms with E-state index < -0.39 is 15.8 Å². The first kappa shape index (κ1) is 17.2. The van der Waals surface area contributed by atoms with Crippen LogP contribution in [-0.2, 0) is 10.0 Å². The molecule has 0 saturated carbocycles. The topological polar surface area (TPSA) is 59.1 Å². The van der Waals surface area contributed by atoms with Crippen molar-refractivity contribution < 1.29 is 12.8 Å². The largest absolute Gasteiger partial charge is 0.263 e. The molecule has 0 saturated heterocycles. The van der Waals surface area contributed by atoms with Gasteiger partial charge in [0.15, 0.2) is 5.13 Å². The van der Waals surface area contributed by atoms with Crippen LogP contribution >= 0.6 is 34.5 Å². The molecule has 0 fully saturated rings. The highest BCUT2D eigenvalue weighted by molar-refractivity contribution is 7.93. The van der Waals surface area contributed by atoms with Crippen LogP contribution in [0.25, 0.3) is 11.3 Å². The van der Waals surface area contributed by atoms with Gasteiger partial charge in [-0.1, -0.05) is 23.2 Å². The summed E-state index contributed by atoms with van der Waals surface area (Å²) in [6.45, 7) is 0. The highest BCUT2D eigenvalue weighted by Gasteiger charge is 2.17. The van der Waals surface area contributed by atoms with Crippen molar-refractivity contribution in [3.05, 3.63) is 63.7 Å². The van der Waals surface area contributed by atoms with Gasteiger partial charge in [-0.3, -0.25) is 4.72 Å². The van der Waals surface area contributed by atoms with Gasteiger partial charge in [0, 0.05) is 16.0 Å². The molecule has 0 aliphatic carbocycles. The van der Waals surface area contributed by atoms with Gasteiger partial charge in [-0.15, -0.1) is 11.3 Å². The van der Waals surface area contributed by atoms with Gasteiger partial charge in [-0.25, -0.2) is 17.8 Å². The van der Waals surface area contributed by atoms with E-state index in [9.17, 15) is 12.8 Å². The first-order valence-electron chi connectivity index (χ1n) is 6.54. The molecule has 1 heterocycles. The van der Waals surface area contributed by atoms with Crippen LogP contribution in [-0.4, -0.2) is 13.4 Å². The number of benzene rings is 2. The van der Waals surface area contributed by atoms with E-state index in [1.54, 1.807) is 23.6 Å². The highest BCUT2D eigenvalue weighted by Crippen LogP contribution is 2.32. The quantitative estimate of drug-likeness (QED) is 0.663. The molecule has 0 radical (unpaired) electrons. The summed E-state index contributed by atoms with van der Waals surface area (Å²) in [6, 6.07) is 9.48. The van der Waals surface area contributed by atoms with Gasteiger partial charge in [0.2, 0.25) is 0 Å². The molecule has 0 bridgehead atoms. The first-order valence-corrected chi connectivity index (χ1v) is 9.66. The third-order valence-corrected chi connectivity index (χ3v) is 5.85. The second-order valence-corrected chi connectivity index (χ2v) is 8.11. The van der Waals surface area contributed by atoms with E-state index >= 15 is 0 Å². The lowest BCUT2D eigenvalue weighted by molar-refractivity contribution is 0.599. The average Bonchev–Trinajstić information content (AvgIpc) is 2.95. The SMILES string of the molecule is O=S(=O)(Nc1nc(-c2ccc(Cl)cc2Cl)cs1)c1ccc(F)cc1. The minimum Gasteiger partial charge on any atom is -0.255 e. The van der Waals surface area contributed by atoms with Crippen molar-refractivity contribution in [1.29, 1.82) is 0 Å². The van der Waals surface area contributed by atoms with Crippen LogP contribution in [0.3, 0.4) is 0 Å². The molecule has 3 rings (SSSR count). The summed E-state index contributed by atoms with van der Waals surface area (Å²) in [5, 5.41) is 2.77. The minimum atomic E-state index is -3.84. The van der Waals surface area contributed by atoms with Gasteiger partial charge in [0.05, 0.1) is 15.6 Å². The molecule has 24 heavy (non-hydrogen) atoms. The molecule has 4 nitrogen and oxygen atoms in total. The van der Waals surface area contributed by atoms with Crippen molar-refractivity contribution in [2.45, 2.75) is 4.90 Å².